The third-order valence-electron chi connectivity index (χ3n) is 5.92. The minimum Gasteiger partial charge on any atom is -0.487 e. The Morgan fingerprint density at radius 3 is 2.71 bits per heavy atom. The third-order valence-corrected chi connectivity index (χ3v) is 7.83. The summed E-state index contributed by atoms with van der Waals surface area (Å²) in [5, 5.41) is 9.41. The van der Waals surface area contributed by atoms with Gasteiger partial charge >= 0.3 is 5.97 Å². The molecule has 1 saturated heterocycles. The summed E-state index contributed by atoms with van der Waals surface area (Å²) >= 11 is 0. The van der Waals surface area contributed by atoms with Gasteiger partial charge in [0.25, 0.3) is 0 Å². The summed E-state index contributed by atoms with van der Waals surface area (Å²) in [5.74, 6) is 0.627. The van der Waals surface area contributed by atoms with Gasteiger partial charge in [-0.1, -0.05) is 31.5 Å². The number of carbonyl (C=O) groups is 1. The van der Waals surface area contributed by atoms with Gasteiger partial charge in [0, 0.05) is 12.1 Å². The molecule has 8 nitrogen and oxygen atoms in total. The first-order valence-electron chi connectivity index (χ1n) is 11.3. The maximum absolute atomic E-state index is 13.2. The Hall–Kier alpha value is -3.17. The topological polar surface area (TPSA) is 110 Å². The number of hydrogen-bond donors (Lipinski definition) is 1. The minimum absolute atomic E-state index is 0.0837. The summed E-state index contributed by atoms with van der Waals surface area (Å²) in [6.07, 6.45) is 2.26. The number of sulfonamides is 1. The van der Waals surface area contributed by atoms with E-state index in [9.17, 15) is 18.3 Å². The number of carboxylic acid groups (broad SMARTS) is 1. The van der Waals surface area contributed by atoms with Crippen LogP contribution in [0, 0.1) is 6.92 Å². The molecule has 0 amide bonds. The van der Waals surface area contributed by atoms with Crippen molar-refractivity contribution in [1.29, 1.82) is 0 Å². The number of aryl methyl sites for hydroxylation is 2. The molecule has 0 aliphatic carbocycles. The quantitative estimate of drug-likeness (QED) is 0.479. The molecular weight excluding hydrogens is 456 g/mol. The van der Waals surface area contributed by atoms with E-state index in [0.717, 1.165) is 21.9 Å². The predicted molar refractivity (Wildman–Crippen MR) is 126 cm³/mol. The van der Waals surface area contributed by atoms with E-state index in [2.05, 4.69) is 4.98 Å². The fraction of sp³-hybridized carbons (Fsp3) is 0.360. The van der Waals surface area contributed by atoms with Crippen LogP contribution in [0.4, 0.5) is 0 Å². The standard InChI is InChI=1S/C25H28N2O6S/c1-3-8-19-15-20(34(30,31)27-14-7-11-22(27)25(28)29)12-13-23(19)32-16-21-17(2)33-24(26-21)18-9-5-4-6-10-18/h4-6,9-10,12-13,15,22H,3,7-8,11,14,16H2,1-2H3,(H,28,29). The molecule has 9 heteroatoms. The average Bonchev–Trinajstić information content (AvgIpc) is 3.47. The van der Waals surface area contributed by atoms with E-state index < -0.39 is 22.0 Å². The molecule has 180 valence electrons. The zero-order valence-corrected chi connectivity index (χ0v) is 20.0. The molecule has 4 rings (SSSR count). The van der Waals surface area contributed by atoms with Crippen LogP contribution in [-0.4, -0.2) is 41.4 Å². The number of oxazole rings is 1. The van der Waals surface area contributed by atoms with Crippen molar-refractivity contribution in [3.05, 3.63) is 65.5 Å². The molecule has 0 radical (unpaired) electrons. The maximum atomic E-state index is 13.2. The molecule has 3 aromatic rings. The zero-order valence-electron chi connectivity index (χ0n) is 19.2. The molecule has 1 atom stereocenters. The largest absolute Gasteiger partial charge is 0.487 e. The minimum atomic E-state index is -3.92. The van der Waals surface area contributed by atoms with Crippen molar-refractivity contribution in [2.24, 2.45) is 0 Å². The molecule has 0 bridgehead atoms. The lowest BCUT2D eigenvalue weighted by molar-refractivity contribution is -0.140. The van der Waals surface area contributed by atoms with E-state index in [0.29, 0.717) is 42.4 Å². The van der Waals surface area contributed by atoms with Gasteiger partial charge in [-0.3, -0.25) is 4.79 Å². The van der Waals surface area contributed by atoms with Crippen molar-refractivity contribution in [3.63, 3.8) is 0 Å². The van der Waals surface area contributed by atoms with Gasteiger partial charge in [0.1, 0.15) is 29.9 Å². The van der Waals surface area contributed by atoms with Crippen LogP contribution in [0.2, 0.25) is 0 Å². The number of ether oxygens (including phenoxy) is 1. The van der Waals surface area contributed by atoms with E-state index in [4.69, 9.17) is 9.15 Å². The highest BCUT2D eigenvalue weighted by Gasteiger charge is 2.39. The molecule has 0 saturated carbocycles. The SMILES string of the molecule is CCCc1cc(S(=O)(=O)N2CCCC2C(=O)O)ccc1OCc1nc(-c2ccccc2)oc1C. The second kappa shape index (κ2) is 9.99. The van der Waals surface area contributed by atoms with Crippen LogP contribution < -0.4 is 4.74 Å². The summed E-state index contributed by atoms with van der Waals surface area (Å²) in [6.45, 7) is 4.21. The number of carboxylic acids is 1. The van der Waals surface area contributed by atoms with E-state index >= 15 is 0 Å². The summed E-state index contributed by atoms with van der Waals surface area (Å²) < 4.78 is 39.3. The summed E-state index contributed by atoms with van der Waals surface area (Å²) in [7, 11) is -3.92. The smallest absolute Gasteiger partial charge is 0.322 e. The summed E-state index contributed by atoms with van der Waals surface area (Å²) in [4.78, 5) is 16.2. The molecule has 1 fully saturated rings. The third kappa shape index (κ3) is 4.85. The second-order valence-corrected chi connectivity index (χ2v) is 10.2. The summed E-state index contributed by atoms with van der Waals surface area (Å²) in [5.41, 5.74) is 2.29. The number of benzene rings is 2. The Balaban J connectivity index is 1.56. The Morgan fingerprint density at radius 2 is 2.00 bits per heavy atom. The molecule has 1 unspecified atom stereocenters. The van der Waals surface area contributed by atoms with Gasteiger partial charge in [-0.25, -0.2) is 13.4 Å². The Bertz CT molecular complexity index is 1270. The number of aromatic nitrogens is 1. The predicted octanol–water partition coefficient (Wildman–Crippen LogP) is 4.42. The Labute approximate surface area is 199 Å². The highest BCUT2D eigenvalue weighted by atomic mass is 32.2. The molecule has 1 aromatic heterocycles. The van der Waals surface area contributed by atoms with Gasteiger partial charge in [0.15, 0.2) is 0 Å². The molecular formula is C25H28N2O6S. The monoisotopic (exact) mass is 484 g/mol. The number of rotatable bonds is 9. The Kier molecular flexibility index (Phi) is 7.04. The normalized spacial score (nSPS) is 16.6. The van der Waals surface area contributed by atoms with Crippen LogP contribution in [0.15, 0.2) is 57.8 Å². The number of hydrogen-bond acceptors (Lipinski definition) is 6. The highest BCUT2D eigenvalue weighted by Crippen LogP contribution is 2.31. The van der Waals surface area contributed by atoms with Crippen molar-refractivity contribution in [2.75, 3.05) is 6.54 Å². The molecule has 1 aliphatic rings. The van der Waals surface area contributed by atoms with E-state index in [1.807, 2.05) is 44.2 Å². The lowest BCUT2D eigenvalue weighted by Gasteiger charge is -2.22. The first-order chi connectivity index (χ1) is 16.3. The molecule has 0 spiro atoms. The fourth-order valence-electron chi connectivity index (χ4n) is 4.14. The fourth-order valence-corrected chi connectivity index (χ4v) is 5.85. The van der Waals surface area contributed by atoms with Crippen LogP contribution in [0.5, 0.6) is 5.75 Å². The highest BCUT2D eigenvalue weighted by molar-refractivity contribution is 7.89. The lowest BCUT2D eigenvalue weighted by Crippen LogP contribution is -2.40. The van der Waals surface area contributed by atoms with Crippen LogP contribution in [0.25, 0.3) is 11.5 Å². The van der Waals surface area contributed by atoms with Gasteiger partial charge in [-0.05, 0) is 62.1 Å². The molecule has 1 N–H and O–H groups in total. The number of aliphatic carboxylic acids is 1. The van der Waals surface area contributed by atoms with E-state index in [-0.39, 0.29) is 18.0 Å². The van der Waals surface area contributed by atoms with Gasteiger partial charge in [-0.2, -0.15) is 4.31 Å². The summed E-state index contributed by atoms with van der Waals surface area (Å²) in [6, 6.07) is 13.3. The van der Waals surface area contributed by atoms with Crippen molar-refractivity contribution < 1.29 is 27.5 Å². The Morgan fingerprint density at radius 1 is 1.24 bits per heavy atom. The van der Waals surface area contributed by atoms with Gasteiger partial charge in [0.05, 0.1) is 4.90 Å². The molecule has 2 aromatic carbocycles. The van der Waals surface area contributed by atoms with Crippen molar-refractivity contribution in [1.82, 2.24) is 9.29 Å². The van der Waals surface area contributed by atoms with Gasteiger partial charge in [-0.15, -0.1) is 0 Å². The van der Waals surface area contributed by atoms with Gasteiger partial charge < -0.3 is 14.3 Å². The maximum Gasteiger partial charge on any atom is 0.322 e. The second-order valence-electron chi connectivity index (χ2n) is 8.31. The average molecular weight is 485 g/mol. The van der Waals surface area contributed by atoms with E-state index in [1.54, 1.807) is 12.1 Å². The van der Waals surface area contributed by atoms with Crippen LogP contribution in [0.1, 0.15) is 43.2 Å². The molecule has 1 aliphatic heterocycles. The first kappa shape index (κ1) is 24.0. The lowest BCUT2D eigenvalue weighted by atomic mass is 10.1. The van der Waals surface area contributed by atoms with Crippen LogP contribution >= 0.6 is 0 Å². The van der Waals surface area contributed by atoms with Crippen LogP contribution in [0.3, 0.4) is 0 Å². The molecule has 2 heterocycles. The van der Waals surface area contributed by atoms with Crippen molar-refractivity contribution in [3.8, 4) is 17.2 Å². The van der Waals surface area contributed by atoms with E-state index in [1.165, 1.54) is 6.07 Å². The first-order valence-corrected chi connectivity index (χ1v) is 12.8. The van der Waals surface area contributed by atoms with Crippen LogP contribution in [-0.2, 0) is 27.8 Å². The zero-order chi connectivity index (χ0) is 24.3. The molecule has 34 heavy (non-hydrogen) atoms. The van der Waals surface area contributed by atoms with Gasteiger partial charge in [0.2, 0.25) is 15.9 Å². The number of nitrogens with zero attached hydrogens (tertiary/aromatic N) is 2. The van der Waals surface area contributed by atoms with Crippen molar-refractivity contribution >= 4 is 16.0 Å². The van der Waals surface area contributed by atoms with Crippen molar-refractivity contribution in [2.45, 2.75) is 57.1 Å².